The van der Waals surface area contributed by atoms with Crippen LogP contribution in [0.1, 0.15) is 9.67 Å². The van der Waals surface area contributed by atoms with E-state index in [2.05, 4.69) is 16.2 Å². The number of hydrogen-bond acceptors (Lipinski definition) is 6. The second-order valence-electron chi connectivity index (χ2n) is 4.40. The Kier molecular flexibility index (Phi) is 6.52. The molecule has 7 nitrogen and oxygen atoms in total. The van der Waals surface area contributed by atoms with Crippen LogP contribution < -0.4 is 25.6 Å². The Morgan fingerprint density at radius 3 is 2.46 bits per heavy atom. The van der Waals surface area contributed by atoms with E-state index in [4.69, 9.17) is 21.7 Å². The van der Waals surface area contributed by atoms with Crippen molar-refractivity contribution < 1.29 is 19.1 Å². The maximum atomic E-state index is 11.7. The fraction of sp³-hybridized carbons (Fsp3) is 0.133. The molecule has 0 aliphatic carbocycles. The van der Waals surface area contributed by atoms with Crippen molar-refractivity contribution in [3.05, 3.63) is 46.7 Å². The van der Waals surface area contributed by atoms with Gasteiger partial charge in [-0.1, -0.05) is 6.07 Å². The minimum absolute atomic E-state index is 0.0248. The van der Waals surface area contributed by atoms with E-state index in [0.717, 1.165) is 0 Å². The number of carbonyl (C=O) groups excluding carboxylic acids is 2. The van der Waals surface area contributed by atoms with Gasteiger partial charge in [-0.05, 0) is 47.9 Å². The summed E-state index contributed by atoms with van der Waals surface area (Å²) in [7, 11) is 1.56. The van der Waals surface area contributed by atoms with Crippen LogP contribution in [0, 0.1) is 0 Å². The summed E-state index contributed by atoms with van der Waals surface area (Å²) in [5.74, 6) is 0.430. The van der Waals surface area contributed by atoms with Crippen molar-refractivity contribution in [2.45, 2.75) is 0 Å². The Morgan fingerprint density at radius 2 is 1.83 bits per heavy atom. The van der Waals surface area contributed by atoms with Gasteiger partial charge in [0.1, 0.15) is 11.5 Å². The standard InChI is InChI=1S/C15H15N3O4S2/c1-21-10-4-6-11(7-5-10)22-9-13(19)16-15(23)18-17-14(20)12-3-2-8-24-12/h2-8H,9H2,1H3,(H,17,20)(H2,16,18,19,23). The van der Waals surface area contributed by atoms with E-state index in [1.165, 1.54) is 11.3 Å². The molecule has 0 saturated heterocycles. The average Bonchev–Trinajstić information content (AvgIpc) is 3.13. The molecule has 24 heavy (non-hydrogen) atoms. The van der Waals surface area contributed by atoms with E-state index in [-0.39, 0.29) is 17.6 Å². The summed E-state index contributed by atoms with van der Waals surface area (Å²) in [4.78, 5) is 23.9. The van der Waals surface area contributed by atoms with Crippen LogP contribution in [0.2, 0.25) is 0 Å². The Morgan fingerprint density at radius 1 is 1.12 bits per heavy atom. The lowest BCUT2D eigenvalue weighted by Crippen LogP contribution is -2.49. The van der Waals surface area contributed by atoms with Gasteiger partial charge in [-0.25, -0.2) is 0 Å². The molecule has 0 atom stereocenters. The highest BCUT2D eigenvalue weighted by Crippen LogP contribution is 2.16. The van der Waals surface area contributed by atoms with E-state index in [1.54, 1.807) is 48.9 Å². The first-order valence-corrected chi connectivity index (χ1v) is 8.08. The van der Waals surface area contributed by atoms with E-state index in [1.807, 2.05) is 0 Å². The SMILES string of the molecule is COc1ccc(OCC(=O)NC(=S)NNC(=O)c2cccs2)cc1. The number of hydrazine groups is 1. The third-order valence-corrected chi connectivity index (χ3v) is 3.79. The van der Waals surface area contributed by atoms with E-state index in [9.17, 15) is 9.59 Å². The molecule has 3 N–H and O–H groups in total. The Labute approximate surface area is 147 Å². The quantitative estimate of drug-likeness (QED) is 0.549. The molecule has 0 spiro atoms. The van der Waals surface area contributed by atoms with Gasteiger partial charge in [0.2, 0.25) is 0 Å². The lowest BCUT2D eigenvalue weighted by molar-refractivity contribution is -0.121. The van der Waals surface area contributed by atoms with Crippen molar-refractivity contribution >= 4 is 40.5 Å². The molecule has 0 unspecified atom stereocenters. The predicted octanol–water partition coefficient (Wildman–Crippen LogP) is 1.47. The largest absolute Gasteiger partial charge is 0.497 e. The summed E-state index contributed by atoms with van der Waals surface area (Å²) in [6.07, 6.45) is 0. The maximum absolute atomic E-state index is 11.7. The third-order valence-electron chi connectivity index (χ3n) is 2.72. The zero-order valence-electron chi connectivity index (χ0n) is 12.7. The minimum atomic E-state index is -0.450. The summed E-state index contributed by atoms with van der Waals surface area (Å²) < 4.78 is 10.3. The summed E-state index contributed by atoms with van der Waals surface area (Å²) in [5, 5.41) is 4.15. The zero-order chi connectivity index (χ0) is 17.4. The number of nitrogens with one attached hydrogen (secondary N) is 3. The summed E-state index contributed by atoms with van der Waals surface area (Å²) in [6.45, 7) is -0.215. The topological polar surface area (TPSA) is 88.7 Å². The van der Waals surface area contributed by atoms with Crippen LogP contribution in [-0.2, 0) is 4.79 Å². The second kappa shape index (κ2) is 8.85. The van der Waals surface area contributed by atoms with E-state index in [0.29, 0.717) is 16.4 Å². The minimum Gasteiger partial charge on any atom is -0.497 e. The zero-order valence-corrected chi connectivity index (χ0v) is 14.3. The molecule has 0 radical (unpaired) electrons. The number of rotatable bonds is 5. The maximum Gasteiger partial charge on any atom is 0.279 e. The highest BCUT2D eigenvalue weighted by molar-refractivity contribution is 7.80. The molecule has 1 aromatic heterocycles. The van der Waals surface area contributed by atoms with E-state index < -0.39 is 5.91 Å². The molecular formula is C15H15N3O4S2. The highest BCUT2D eigenvalue weighted by atomic mass is 32.1. The molecule has 1 heterocycles. The van der Waals surface area contributed by atoms with Crippen LogP contribution in [0.3, 0.4) is 0 Å². The fourth-order valence-corrected chi connectivity index (χ4v) is 2.38. The average molecular weight is 365 g/mol. The van der Waals surface area contributed by atoms with Gasteiger partial charge in [0, 0.05) is 0 Å². The summed E-state index contributed by atoms with van der Waals surface area (Å²) in [6, 6.07) is 10.2. The first-order valence-electron chi connectivity index (χ1n) is 6.79. The van der Waals surface area contributed by atoms with Crippen LogP contribution in [0.4, 0.5) is 0 Å². The third kappa shape index (κ3) is 5.52. The van der Waals surface area contributed by atoms with Crippen molar-refractivity contribution in [2.75, 3.05) is 13.7 Å². The highest BCUT2D eigenvalue weighted by Gasteiger charge is 2.09. The van der Waals surface area contributed by atoms with Crippen molar-refractivity contribution in [3.8, 4) is 11.5 Å². The molecule has 2 rings (SSSR count). The van der Waals surface area contributed by atoms with Crippen molar-refractivity contribution in [1.29, 1.82) is 0 Å². The fourth-order valence-electron chi connectivity index (χ4n) is 1.60. The van der Waals surface area contributed by atoms with Gasteiger partial charge in [0.05, 0.1) is 12.0 Å². The number of hydrogen-bond donors (Lipinski definition) is 3. The predicted molar refractivity (Wildman–Crippen MR) is 94.2 cm³/mol. The molecule has 2 amide bonds. The lowest BCUT2D eigenvalue weighted by Gasteiger charge is -2.11. The van der Waals surface area contributed by atoms with Gasteiger partial charge >= 0.3 is 0 Å². The normalized spacial score (nSPS) is 9.71. The van der Waals surface area contributed by atoms with Crippen LogP contribution in [-0.4, -0.2) is 30.6 Å². The molecule has 9 heteroatoms. The second-order valence-corrected chi connectivity index (χ2v) is 5.75. The number of ether oxygens (including phenoxy) is 2. The van der Waals surface area contributed by atoms with Crippen LogP contribution >= 0.6 is 23.6 Å². The molecule has 126 valence electrons. The summed E-state index contributed by atoms with van der Waals surface area (Å²) in [5.41, 5.74) is 4.84. The Hall–Kier alpha value is -2.65. The number of amides is 2. The Bertz CT molecular complexity index is 702. The van der Waals surface area contributed by atoms with Gasteiger partial charge in [-0.2, -0.15) is 0 Å². The van der Waals surface area contributed by atoms with Crippen LogP contribution in [0.5, 0.6) is 11.5 Å². The first-order chi connectivity index (χ1) is 11.6. The number of thiophene rings is 1. The lowest BCUT2D eigenvalue weighted by atomic mass is 10.3. The molecule has 1 aromatic carbocycles. The monoisotopic (exact) mass is 365 g/mol. The van der Waals surface area contributed by atoms with Gasteiger partial charge in [-0.15, -0.1) is 11.3 Å². The van der Waals surface area contributed by atoms with Gasteiger partial charge < -0.3 is 9.47 Å². The van der Waals surface area contributed by atoms with Crippen molar-refractivity contribution in [1.82, 2.24) is 16.2 Å². The molecule has 0 aliphatic heterocycles. The molecule has 2 aromatic rings. The molecular weight excluding hydrogens is 350 g/mol. The number of thiocarbonyl (C=S) groups is 1. The first kappa shape index (κ1) is 17.7. The number of carbonyl (C=O) groups is 2. The molecule has 0 bridgehead atoms. The number of benzene rings is 1. The van der Waals surface area contributed by atoms with Crippen LogP contribution in [0.25, 0.3) is 0 Å². The van der Waals surface area contributed by atoms with Crippen molar-refractivity contribution in [3.63, 3.8) is 0 Å². The summed E-state index contributed by atoms with van der Waals surface area (Å²) >= 11 is 6.21. The van der Waals surface area contributed by atoms with Gasteiger partial charge in [0.25, 0.3) is 11.8 Å². The van der Waals surface area contributed by atoms with Gasteiger partial charge in [0.15, 0.2) is 11.7 Å². The number of methoxy groups -OCH3 is 1. The van der Waals surface area contributed by atoms with E-state index >= 15 is 0 Å². The van der Waals surface area contributed by atoms with Gasteiger partial charge in [-0.3, -0.25) is 25.8 Å². The molecule has 0 fully saturated rings. The molecule has 0 aliphatic rings. The smallest absolute Gasteiger partial charge is 0.279 e. The molecule has 0 saturated carbocycles. The Balaban J connectivity index is 1.69. The van der Waals surface area contributed by atoms with Crippen LogP contribution in [0.15, 0.2) is 41.8 Å². The van der Waals surface area contributed by atoms with Crippen molar-refractivity contribution in [2.24, 2.45) is 0 Å².